The predicted octanol–water partition coefficient (Wildman–Crippen LogP) is 2.76. The molecule has 0 saturated carbocycles. The number of hydrogen-bond donors (Lipinski definition) is 4. The lowest BCUT2D eigenvalue weighted by Gasteiger charge is -2.23. The zero-order valence-electron chi connectivity index (χ0n) is 11.1. The summed E-state index contributed by atoms with van der Waals surface area (Å²) in [6.07, 6.45) is 0. The van der Waals surface area contributed by atoms with Crippen LogP contribution in [0.4, 0.5) is 0 Å². The van der Waals surface area contributed by atoms with E-state index >= 15 is 0 Å². The van der Waals surface area contributed by atoms with E-state index in [9.17, 15) is 20.5 Å². The summed E-state index contributed by atoms with van der Waals surface area (Å²) in [5, 5.41) is 39.6. The van der Waals surface area contributed by atoms with Gasteiger partial charge in [0, 0.05) is 12.1 Å². The van der Waals surface area contributed by atoms with Gasteiger partial charge in [-0.2, -0.15) is 5.06 Å². The molecule has 0 aliphatic rings. The average molecular weight is 275 g/mol. The zero-order chi connectivity index (χ0) is 14.7. The second kappa shape index (κ2) is 5.81. The Morgan fingerprint density at radius 3 is 2.30 bits per heavy atom. The van der Waals surface area contributed by atoms with Crippen molar-refractivity contribution in [3.05, 3.63) is 53.6 Å². The van der Waals surface area contributed by atoms with Gasteiger partial charge in [0.1, 0.15) is 5.75 Å². The molecule has 1 unspecified atom stereocenters. The Morgan fingerprint density at radius 2 is 1.65 bits per heavy atom. The van der Waals surface area contributed by atoms with E-state index in [4.69, 9.17) is 0 Å². The lowest BCUT2D eigenvalue weighted by molar-refractivity contribution is -0.132. The largest absolute Gasteiger partial charge is 0.508 e. The van der Waals surface area contributed by atoms with E-state index in [1.165, 1.54) is 12.1 Å². The molecule has 0 fully saturated rings. The number of aromatic hydroxyl groups is 3. The third-order valence-corrected chi connectivity index (χ3v) is 3.22. The number of hydrogen-bond acceptors (Lipinski definition) is 5. The van der Waals surface area contributed by atoms with Crippen molar-refractivity contribution >= 4 is 0 Å². The summed E-state index contributed by atoms with van der Waals surface area (Å²) < 4.78 is 0. The van der Waals surface area contributed by atoms with Gasteiger partial charge in [0.2, 0.25) is 0 Å². The van der Waals surface area contributed by atoms with Crippen LogP contribution in [-0.4, -0.2) is 25.6 Å². The molecule has 5 heteroatoms. The van der Waals surface area contributed by atoms with Crippen molar-refractivity contribution in [1.82, 2.24) is 5.06 Å². The van der Waals surface area contributed by atoms with Crippen LogP contribution >= 0.6 is 0 Å². The topological polar surface area (TPSA) is 84.2 Å². The van der Waals surface area contributed by atoms with Gasteiger partial charge in [-0.05, 0) is 30.7 Å². The second-order valence-corrected chi connectivity index (χ2v) is 4.66. The van der Waals surface area contributed by atoms with Crippen molar-refractivity contribution in [1.29, 1.82) is 0 Å². The highest BCUT2D eigenvalue weighted by Crippen LogP contribution is 2.29. The Labute approximate surface area is 116 Å². The van der Waals surface area contributed by atoms with Gasteiger partial charge in [-0.25, -0.2) is 0 Å². The second-order valence-electron chi connectivity index (χ2n) is 4.66. The first-order valence-electron chi connectivity index (χ1n) is 6.23. The monoisotopic (exact) mass is 275 g/mol. The fraction of sp³-hybridized carbons (Fsp3) is 0.200. The maximum absolute atomic E-state index is 10.1. The molecule has 1 atom stereocenters. The molecule has 0 aromatic heterocycles. The van der Waals surface area contributed by atoms with Crippen LogP contribution in [0.5, 0.6) is 17.2 Å². The van der Waals surface area contributed by atoms with Gasteiger partial charge in [-0.3, -0.25) is 0 Å². The first-order valence-corrected chi connectivity index (χ1v) is 6.23. The third kappa shape index (κ3) is 3.01. The van der Waals surface area contributed by atoms with Gasteiger partial charge in [-0.15, -0.1) is 0 Å². The predicted molar refractivity (Wildman–Crippen MR) is 73.6 cm³/mol. The third-order valence-electron chi connectivity index (χ3n) is 3.22. The maximum Gasteiger partial charge on any atom is 0.157 e. The minimum Gasteiger partial charge on any atom is -0.508 e. The number of para-hydroxylation sites is 1. The van der Waals surface area contributed by atoms with Crippen LogP contribution in [0.25, 0.3) is 0 Å². The molecular weight excluding hydrogens is 258 g/mol. The molecule has 2 rings (SSSR count). The van der Waals surface area contributed by atoms with Crippen molar-refractivity contribution in [2.24, 2.45) is 0 Å². The van der Waals surface area contributed by atoms with Crippen LogP contribution in [0.1, 0.15) is 24.1 Å². The summed E-state index contributed by atoms with van der Waals surface area (Å²) >= 11 is 0. The van der Waals surface area contributed by atoms with Gasteiger partial charge in [-0.1, -0.05) is 24.3 Å². The number of benzene rings is 2. The quantitative estimate of drug-likeness (QED) is 0.509. The van der Waals surface area contributed by atoms with Crippen LogP contribution < -0.4 is 0 Å². The SMILES string of the molecule is CC(c1ccccc1O)N(O)Cc1ccc(O)c(O)c1. The Kier molecular flexibility index (Phi) is 4.12. The van der Waals surface area contributed by atoms with E-state index in [1.54, 1.807) is 37.3 Å². The van der Waals surface area contributed by atoms with E-state index in [0.717, 1.165) is 5.06 Å². The summed E-state index contributed by atoms with van der Waals surface area (Å²) in [6.45, 7) is 1.92. The zero-order valence-corrected chi connectivity index (χ0v) is 11.1. The molecule has 0 saturated heterocycles. The van der Waals surface area contributed by atoms with Gasteiger partial charge in [0.25, 0.3) is 0 Å². The Balaban J connectivity index is 2.13. The molecule has 0 aliphatic carbocycles. The van der Waals surface area contributed by atoms with Crippen LogP contribution in [0.15, 0.2) is 42.5 Å². The normalized spacial score (nSPS) is 12.6. The highest BCUT2D eigenvalue weighted by molar-refractivity contribution is 5.40. The number of phenols is 3. The van der Waals surface area contributed by atoms with E-state index < -0.39 is 6.04 Å². The minimum absolute atomic E-state index is 0.118. The van der Waals surface area contributed by atoms with E-state index in [-0.39, 0.29) is 23.8 Å². The molecule has 5 nitrogen and oxygen atoms in total. The maximum atomic E-state index is 10.1. The first kappa shape index (κ1) is 14.2. The van der Waals surface area contributed by atoms with Crippen LogP contribution in [0.2, 0.25) is 0 Å². The highest BCUT2D eigenvalue weighted by atomic mass is 16.5. The highest BCUT2D eigenvalue weighted by Gasteiger charge is 2.17. The summed E-state index contributed by atoms with van der Waals surface area (Å²) in [5.74, 6) is -0.314. The molecule has 0 amide bonds. The molecule has 0 aliphatic heterocycles. The summed E-state index contributed by atoms with van der Waals surface area (Å²) in [4.78, 5) is 0. The molecule has 0 bridgehead atoms. The van der Waals surface area contributed by atoms with Crippen molar-refractivity contribution in [3.63, 3.8) is 0 Å². The fourth-order valence-electron chi connectivity index (χ4n) is 1.99. The standard InChI is InChI=1S/C15H17NO4/c1-10(12-4-2-3-5-13(12)17)16(20)9-11-6-7-14(18)15(19)8-11/h2-8,10,17-20H,9H2,1H3. The van der Waals surface area contributed by atoms with Crippen molar-refractivity contribution in [3.8, 4) is 17.2 Å². The average Bonchev–Trinajstić information content (AvgIpc) is 2.42. The molecule has 106 valence electrons. The number of phenolic OH excluding ortho intramolecular Hbond substituents is 3. The Hall–Kier alpha value is -2.24. The smallest absolute Gasteiger partial charge is 0.157 e. The molecule has 20 heavy (non-hydrogen) atoms. The lowest BCUT2D eigenvalue weighted by atomic mass is 10.1. The van der Waals surface area contributed by atoms with Crippen molar-refractivity contribution < 1.29 is 20.5 Å². The molecule has 2 aromatic carbocycles. The van der Waals surface area contributed by atoms with Gasteiger partial charge in [0.15, 0.2) is 11.5 Å². The van der Waals surface area contributed by atoms with E-state index in [1.807, 2.05) is 0 Å². The van der Waals surface area contributed by atoms with Crippen LogP contribution in [-0.2, 0) is 6.54 Å². The molecule has 2 aromatic rings. The number of rotatable bonds is 4. The van der Waals surface area contributed by atoms with Crippen LogP contribution in [0.3, 0.4) is 0 Å². The molecule has 0 spiro atoms. The van der Waals surface area contributed by atoms with E-state index in [0.29, 0.717) is 11.1 Å². The minimum atomic E-state index is -0.410. The number of hydroxylamine groups is 2. The van der Waals surface area contributed by atoms with E-state index in [2.05, 4.69) is 0 Å². The molecule has 4 N–H and O–H groups in total. The van der Waals surface area contributed by atoms with Crippen molar-refractivity contribution in [2.45, 2.75) is 19.5 Å². The Morgan fingerprint density at radius 1 is 0.950 bits per heavy atom. The summed E-state index contributed by atoms with van der Waals surface area (Å²) in [5.41, 5.74) is 1.25. The molecule has 0 radical (unpaired) electrons. The molecule has 0 heterocycles. The van der Waals surface area contributed by atoms with Crippen molar-refractivity contribution in [2.75, 3.05) is 0 Å². The number of nitrogens with zero attached hydrogens (tertiary/aromatic N) is 1. The fourth-order valence-corrected chi connectivity index (χ4v) is 1.99. The molecular formula is C15H17NO4. The van der Waals surface area contributed by atoms with Crippen LogP contribution in [0, 0.1) is 0 Å². The van der Waals surface area contributed by atoms with Gasteiger partial charge < -0.3 is 20.5 Å². The summed E-state index contributed by atoms with van der Waals surface area (Å²) in [7, 11) is 0. The van der Waals surface area contributed by atoms with Gasteiger partial charge >= 0.3 is 0 Å². The first-order chi connectivity index (χ1) is 9.49. The lowest BCUT2D eigenvalue weighted by Crippen LogP contribution is -2.22. The van der Waals surface area contributed by atoms with Gasteiger partial charge in [0.05, 0.1) is 6.04 Å². The summed E-state index contributed by atoms with van der Waals surface area (Å²) in [6, 6.07) is 10.7. The Bertz CT molecular complexity index is 600.